The molecule has 0 radical (unpaired) electrons. The van der Waals surface area contributed by atoms with Crippen LogP contribution in [0, 0.1) is 29.1 Å². The Bertz CT molecular complexity index is 821. The van der Waals surface area contributed by atoms with E-state index in [2.05, 4.69) is 0 Å². The summed E-state index contributed by atoms with van der Waals surface area (Å²) < 4.78 is 67.0. The van der Waals surface area contributed by atoms with Gasteiger partial charge >= 0.3 is 5.97 Å². The zero-order valence-electron chi connectivity index (χ0n) is 10.7. The Morgan fingerprint density at radius 2 is 1.17 bits per heavy atom. The van der Waals surface area contributed by atoms with Crippen LogP contribution in [-0.2, 0) is 0 Å². The van der Waals surface area contributed by atoms with Gasteiger partial charge in [0.05, 0.1) is 11.1 Å². The predicted molar refractivity (Wildman–Crippen MR) is 63.6 cm³/mol. The lowest BCUT2D eigenvalue weighted by Gasteiger charge is -2.14. The number of carboxylic acids is 1. The van der Waals surface area contributed by atoms with E-state index in [9.17, 15) is 42.1 Å². The van der Waals surface area contributed by atoms with E-state index < -0.39 is 69.0 Å². The number of rotatable bonds is 2. The van der Waals surface area contributed by atoms with Gasteiger partial charge in [-0.15, -0.1) is 0 Å². The van der Waals surface area contributed by atoms with Gasteiger partial charge in [0.1, 0.15) is 0 Å². The van der Waals surface area contributed by atoms with Crippen molar-refractivity contribution in [3.8, 4) is 28.4 Å². The molecule has 0 saturated heterocycles. The second-order valence-electron chi connectivity index (χ2n) is 4.27. The molecule has 2 rings (SSSR count). The highest BCUT2D eigenvalue weighted by Gasteiger charge is 2.32. The third-order valence-corrected chi connectivity index (χ3v) is 2.94. The van der Waals surface area contributed by atoms with Crippen LogP contribution in [0.25, 0.3) is 11.1 Å². The van der Waals surface area contributed by atoms with Crippen LogP contribution in [0.1, 0.15) is 10.4 Å². The molecule has 0 aliphatic rings. The number of carbonyl (C=O) groups is 1. The van der Waals surface area contributed by atoms with Crippen molar-refractivity contribution < 1.29 is 47.2 Å². The first kappa shape index (κ1) is 16.3. The molecule has 0 fully saturated rings. The summed E-state index contributed by atoms with van der Waals surface area (Å²) in [5, 5.41) is 37.1. The topological polar surface area (TPSA) is 98.0 Å². The summed E-state index contributed by atoms with van der Waals surface area (Å²) in [6, 6.07) is 0.283. The number of hydrogen-bond donors (Lipinski definition) is 4. The van der Waals surface area contributed by atoms with Crippen molar-refractivity contribution >= 4 is 5.97 Å². The first-order valence-electron chi connectivity index (χ1n) is 5.62. The molecular weight excluding hydrogens is 331 g/mol. The summed E-state index contributed by atoms with van der Waals surface area (Å²) in [4.78, 5) is 11.1. The van der Waals surface area contributed by atoms with Crippen molar-refractivity contribution in [2.24, 2.45) is 0 Å². The number of hydrogen-bond acceptors (Lipinski definition) is 4. The maximum absolute atomic E-state index is 13.8. The van der Waals surface area contributed by atoms with Gasteiger partial charge in [-0.1, -0.05) is 0 Å². The van der Waals surface area contributed by atoms with E-state index in [1.807, 2.05) is 0 Å². The Kier molecular flexibility index (Phi) is 3.77. The van der Waals surface area contributed by atoms with Gasteiger partial charge in [0, 0.05) is 5.56 Å². The lowest BCUT2D eigenvalue weighted by atomic mass is 9.96. The molecule has 23 heavy (non-hydrogen) atoms. The highest BCUT2D eigenvalue weighted by Crippen LogP contribution is 2.47. The van der Waals surface area contributed by atoms with Crippen molar-refractivity contribution in [3.63, 3.8) is 0 Å². The van der Waals surface area contributed by atoms with Gasteiger partial charge in [-0.3, -0.25) is 0 Å². The molecule has 5 nitrogen and oxygen atoms in total. The molecular formula is C13H5F5O5. The maximum Gasteiger partial charge on any atom is 0.336 e. The predicted octanol–water partition coefficient (Wildman–Crippen LogP) is 2.86. The fraction of sp³-hybridized carbons (Fsp3) is 0. The summed E-state index contributed by atoms with van der Waals surface area (Å²) >= 11 is 0. The average Bonchev–Trinajstić information content (AvgIpc) is 2.50. The van der Waals surface area contributed by atoms with Gasteiger partial charge < -0.3 is 20.4 Å². The Morgan fingerprint density at radius 1 is 0.739 bits per heavy atom. The highest BCUT2D eigenvalue weighted by molar-refractivity contribution is 6.00. The number of phenolic OH excluding ortho intramolecular Hbond substituents is 3. The molecule has 10 heteroatoms. The molecule has 0 atom stereocenters. The van der Waals surface area contributed by atoms with Crippen molar-refractivity contribution in [3.05, 3.63) is 40.7 Å². The van der Waals surface area contributed by atoms with Gasteiger partial charge in [0.2, 0.25) is 11.6 Å². The van der Waals surface area contributed by atoms with Gasteiger partial charge in [0.15, 0.2) is 34.8 Å². The van der Waals surface area contributed by atoms with E-state index in [-0.39, 0.29) is 6.07 Å². The molecule has 0 unspecified atom stereocenters. The largest absolute Gasteiger partial charge is 0.504 e. The van der Waals surface area contributed by atoms with Crippen molar-refractivity contribution in [1.29, 1.82) is 0 Å². The SMILES string of the molecule is O=C(O)c1cc(O)c(O)c(O)c1-c1c(F)c(F)c(F)c(F)c1F. The smallest absolute Gasteiger partial charge is 0.336 e. The molecule has 0 amide bonds. The van der Waals surface area contributed by atoms with Crippen LogP contribution in [-0.4, -0.2) is 26.4 Å². The third kappa shape index (κ3) is 2.28. The van der Waals surface area contributed by atoms with Crippen LogP contribution >= 0.6 is 0 Å². The number of carboxylic acid groups (broad SMARTS) is 1. The summed E-state index contributed by atoms with van der Waals surface area (Å²) in [5.41, 5.74) is -4.33. The maximum atomic E-state index is 13.8. The molecule has 4 N–H and O–H groups in total. The number of aromatic carboxylic acids is 1. The second-order valence-corrected chi connectivity index (χ2v) is 4.27. The van der Waals surface area contributed by atoms with Crippen molar-refractivity contribution in [2.45, 2.75) is 0 Å². The van der Waals surface area contributed by atoms with Crippen molar-refractivity contribution in [1.82, 2.24) is 0 Å². The number of benzene rings is 2. The molecule has 0 aromatic heterocycles. The molecule has 2 aromatic carbocycles. The van der Waals surface area contributed by atoms with Gasteiger partial charge in [-0.25, -0.2) is 26.7 Å². The minimum absolute atomic E-state index is 0.283. The molecule has 0 aliphatic heterocycles. The van der Waals surface area contributed by atoms with Crippen LogP contribution < -0.4 is 0 Å². The quantitative estimate of drug-likeness (QED) is 0.293. The molecule has 0 saturated carbocycles. The van der Waals surface area contributed by atoms with E-state index >= 15 is 0 Å². The summed E-state index contributed by atoms with van der Waals surface area (Å²) in [6.07, 6.45) is 0. The van der Waals surface area contributed by atoms with Crippen LogP contribution in [0.2, 0.25) is 0 Å². The average molecular weight is 336 g/mol. The monoisotopic (exact) mass is 336 g/mol. The Balaban J connectivity index is 3.05. The summed E-state index contributed by atoms with van der Waals surface area (Å²) in [7, 11) is 0. The lowest BCUT2D eigenvalue weighted by Crippen LogP contribution is -2.08. The highest BCUT2D eigenvalue weighted by atomic mass is 19.2. The molecule has 2 aromatic rings. The minimum atomic E-state index is -2.48. The van der Waals surface area contributed by atoms with Crippen LogP contribution in [0.3, 0.4) is 0 Å². The molecule has 122 valence electrons. The van der Waals surface area contributed by atoms with Gasteiger partial charge in [-0.05, 0) is 6.07 Å². The van der Waals surface area contributed by atoms with E-state index in [0.29, 0.717) is 0 Å². The van der Waals surface area contributed by atoms with Crippen LogP contribution in [0.15, 0.2) is 6.07 Å². The molecule has 0 spiro atoms. The Hall–Kier alpha value is -3.04. The van der Waals surface area contributed by atoms with Gasteiger partial charge in [-0.2, -0.15) is 0 Å². The third-order valence-electron chi connectivity index (χ3n) is 2.94. The molecule has 0 aliphatic carbocycles. The fourth-order valence-electron chi connectivity index (χ4n) is 1.89. The number of phenols is 3. The fourth-order valence-corrected chi connectivity index (χ4v) is 1.89. The minimum Gasteiger partial charge on any atom is -0.504 e. The first-order chi connectivity index (χ1) is 10.6. The Morgan fingerprint density at radius 3 is 1.61 bits per heavy atom. The molecule has 0 bridgehead atoms. The van der Waals surface area contributed by atoms with E-state index in [0.717, 1.165) is 0 Å². The Labute approximate surface area is 123 Å². The van der Waals surface area contributed by atoms with Crippen LogP contribution in [0.5, 0.6) is 17.2 Å². The number of aromatic hydroxyl groups is 3. The zero-order chi connectivity index (χ0) is 17.6. The van der Waals surface area contributed by atoms with Gasteiger partial charge in [0.25, 0.3) is 0 Å². The van der Waals surface area contributed by atoms with E-state index in [4.69, 9.17) is 5.11 Å². The normalized spacial score (nSPS) is 10.8. The van der Waals surface area contributed by atoms with Crippen LogP contribution in [0.4, 0.5) is 22.0 Å². The number of halogens is 5. The summed E-state index contributed by atoms with van der Waals surface area (Å²) in [6.45, 7) is 0. The van der Waals surface area contributed by atoms with Crippen molar-refractivity contribution in [2.75, 3.05) is 0 Å². The second kappa shape index (κ2) is 5.30. The van der Waals surface area contributed by atoms with E-state index in [1.165, 1.54) is 0 Å². The summed E-state index contributed by atoms with van der Waals surface area (Å²) in [5.74, 6) is -18.2. The lowest BCUT2D eigenvalue weighted by molar-refractivity contribution is 0.0696. The molecule has 0 heterocycles. The van der Waals surface area contributed by atoms with E-state index in [1.54, 1.807) is 0 Å². The zero-order valence-corrected chi connectivity index (χ0v) is 10.7. The standard InChI is InChI=1S/C13H5F5O5/c14-6-5(7(15)9(17)10(18)8(6)16)4-2(13(22)23)1-3(19)11(20)12(4)21/h1,19-21H,(H,22,23). The first-order valence-corrected chi connectivity index (χ1v) is 5.62.